The molecule has 0 aliphatic rings. The van der Waals surface area contributed by atoms with Crippen LogP contribution in [0.4, 0.5) is 0 Å². The van der Waals surface area contributed by atoms with Crippen LogP contribution in [0.3, 0.4) is 0 Å². The van der Waals surface area contributed by atoms with Crippen molar-refractivity contribution < 1.29 is 0 Å². The molecule has 0 spiro atoms. The van der Waals surface area contributed by atoms with E-state index in [4.69, 9.17) is 44.8 Å². The van der Waals surface area contributed by atoms with E-state index < -0.39 is 6.00 Å². The third-order valence-electron chi connectivity index (χ3n) is 8.09. The lowest BCUT2D eigenvalue weighted by Crippen LogP contribution is -2.07. The van der Waals surface area contributed by atoms with Crippen molar-refractivity contribution >= 4 is 50.8 Å². The van der Waals surface area contributed by atoms with Gasteiger partial charge in [-0.15, -0.1) is 44.8 Å². The first-order valence-electron chi connectivity index (χ1n) is 17.2. The van der Waals surface area contributed by atoms with Crippen LogP contribution >= 0.6 is 44.8 Å². The molecule has 0 N–H and O–H groups in total. The zero-order valence-corrected chi connectivity index (χ0v) is 29.4. The van der Waals surface area contributed by atoms with Crippen molar-refractivity contribution in [3.8, 4) is 0 Å². The smallest absolute Gasteiger partial charge is 0.127 e. The third-order valence-corrected chi connectivity index (χ3v) is 11.0. The second-order valence-electron chi connectivity index (χ2n) is 12.0. The fraction of sp³-hybridized carbons (Fsp3) is 1.00. The van der Waals surface area contributed by atoms with Crippen LogP contribution < -0.4 is 0 Å². The van der Waals surface area contributed by atoms with E-state index in [-0.39, 0.29) is 0 Å². The SMILES string of the molecule is ClCCCCCCCCCCCCCCCCCCCCCCCCCCCCCCCCC[Si](Cl)(Cl)Cl. The zero-order chi connectivity index (χ0) is 27.8. The summed E-state index contributed by atoms with van der Waals surface area (Å²) < 4.78 is 0. The van der Waals surface area contributed by atoms with Crippen molar-refractivity contribution in [1.29, 1.82) is 0 Å². The largest absolute Gasteiger partial charge is 0.341 e. The number of hydrogen-bond donors (Lipinski definition) is 0. The summed E-state index contributed by atoms with van der Waals surface area (Å²) in [5, 5.41) is 0. The van der Waals surface area contributed by atoms with Crippen molar-refractivity contribution in [2.75, 3.05) is 5.88 Å². The molecule has 230 valence electrons. The van der Waals surface area contributed by atoms with Crippen molar-refractivity contribution in [3.05, 3.63) is 0 Å². The molecule has 5 heteroatoms. The summed E-state index contributed by atoms with van der Waals surface area (Å²) in [4.78, 5) is 0. The van der Waals surface area contributed by atoms with Gasteiger partial charge >= 0.3 is 6.00 Å². The fourth-order valence-electron chi connectivity index (χ4n) is 5.55. The zero-order valence-electron chi connectivity index (χ0n) is 25.3. The highest BCUT2D eigenvalue weighted by atomic mass is 35.8. The molecule has 0 aliphatic heterocycles. The molecule has 0 rings (SSSR count). The van der Waals surface area contributed by atoms with Crippen LogP contribution in [-0.4, -0.2) is 11.9 Å². The van der Waals surface area contributed by atoms with Gasteiger partial charge in [0.25, 0.3) is 0 Å². The van der Waals surface area contributed by atoms with E-state index in [1.165, 1.54) is 193 Å². The van der Waals surface area contributed by atoms with Gasteiger partial charge in [-0.05, 0) is 12.5 Å². The predicted molar refractivity (Wildman–Crippen MR) is 182 cm³/mol. The molecule has 38 heavy (non-hydrogen) atoms. The van der Waals surface area contributed by atoms with Gasteiger partial charge in [0, 0.05) is 5.88 Å². The van der Waals surface area contributed by atoms with Crippen LogP contribution in [0.25, 0.3) is 0 Å². The van der Waals surface area contributed by atoms with E-state index >= 15 is 0 Å². The van der Waals surface area contributed by atoms with Gasteiger partial charge in [-0.1, -0.05) is 193 Å². The molecule has 0 aromatic carbocycles. The maximum absolute atomic E-state index is 5.92. The summed E-state index contributed by atoms with van der Waals surface area (Å²) in [5.41, 5.74) is 0. The predicted octanol–water partition coefficient (Wildman–Crippen LogP) is 15.0. The Kier molecular flexibility index (Phi) is 34.1. The van der Waals surface area contributed by atoms with Gasteiger partial charge in [0.15, 0.2) is 0 Å². The van der Waals surface area contributed by atoms with Crippen molar-refractivity contribution in [2.24, 2.45) is 0 Å². The monoisotopic (exact) mass is 630 g/mol. The Hall–Kier alpha value is 1.38. The maximum Gasteiger partial charge on any atom is 0.341 e. The van der Waals surface area contributed by atoms with Crippen LogP contribution in [0.2, 0.25) is 6.04 Å². The average Bonchev–Trinajstić information content (AvgIpc) is 2.88. The molecule has 0 aromatic heterocycles. The van der Waals surface area contributed by atoms with E-state index in [0.29, 0.717) is 0 Å². The van der Waals surface area contributed by atoms with E-state index in [2.05, 4.69) is 0 Å². The van der Waals surface area contributed by atoms with E-state index in [9.17, 15) is 0 Å². The lowest BCUT2D eigenvalue weighted by molar-refractivity contribution is 0.513. The second-order valence-corrected chi connectivity index (χ2v) is 21.7. The Balaban J connectivity index is 3.04. The maximum atomic E-state index is 5.92. The minimum absolute atomic E-state index is 0.829. The van der Waals surface area contributed by atoms with E-state index in [1.807, 2.05) is 0 Å². The van der Waals surface area contributed by atoms with Crippen LogP contribution in [0.15, 0.2) is 0 Å². The lowest BCUT2D eigenvalue weighted by atomic mass is 10.0. The molecule has 0 saturated carbocycles. The summed E-state index contributed by atoms with van der Waals surface area (Å²) in [6.45, 7) is 0. The molecule has 0 aromatic rings. The summed E-state index contributed by atoms with van der Waals surface area (Å²) in [7, 11) is 0. The third kappa shape index (κ3) is 37.4. The topological polar surface area (TPSA) is 0 Å². The molecule has 0 aliphatic carbocycles. The van der Waals surface area contributed by atoms with Gasteiger partial charge in [-0.2, -0.15) is 0 Å². The van der Waals surface area contributed by atoms with Gasteiger partial charge in [-0.3, -0.25) is 0 Å². The fourth-order valence-corrected chi connectivity index (χ4v) is 7.59. The van der Waals surface area contributed by atoms with Crippen molar-refractivity contribution in [2.45, 2.75) is 205 Å². The standard InChI is InChI=1S/C33H66Cl4Si/c34-32-30-28-26-24-22-20-18-16-14-12-10-8-6-4-2-1-3-5-7-9-11-13-15-17-19-21-23-25-27-29-31-33-38(35,36)37/h1-33H2. The second kappa shape index (κ2) is 32.9. The summed E-state index contributed by atoms with van der Waals surface area (Å²) in [6, 6.07) is -1.54. The highest BCUT2D eigenvalue weighted by Crippen LogP contribution is 2.27. The van der Waals surface area contributed by atoms with Crippen LogP contribution in [-0.2, 0) is 0 Å². The Morgan fingerprint density at radius 2 is 0.395 bits per heavy atom. The number of halogens is 4. The number of hydrogen-bond acceptors (Lipinski definition) is 0. The number of rotatable bonds is 33. The van der Waals surface area contributed by atoms with Crippen LogP contribution in [0.1, 0.15) is 199 Å². The Bertz CT molecular complexity index is 428. The number of unbranched alkanes of at least 4 members (excludes halogenated alkanes) is 30. The lowest BCUT2D eigenvalue weighted by Gasteiger charge is -2.07. The van der Waals surface area contributed by atoms with Crippen molar-refractivity contribution in [1.82, 2.24) is 0 Å². The first kappa shape index (κ1) is 39.4. The quantitative estimate of drug-likeness (QED) is 0.0292. The van der Waals surface area contributed by atoms with Crippen molar-refractivity contribution in [3.63, 3.8) is 0 Å². The molecule has 0 saturated heterocycles. The molecule has 0 bridgehead atoms. The van der Waals surface area contributed by atoms with E-state index in [1.54, 1.807) is 0 Å². The minimum Gasteiger partial charge on any atom is -0.127 e. The Morgan fingerprint density at radius 1 is 0.237 bits per heavy atom. The first-order valence-corrected chi connectivity index (χ1v) is 23.0. The highest BCUT2D eigenvalue weighted by Gasteiger charge is 2.23. The summed E-state index contributed by atoms with van der Waals surface area (Å²) in [6.07, 6.45) is 43.8. The Morgan fingerprint density at radius 3 is 0.553 bits per heavy atom. The average molecular weight is 633 g/mol. The number of alkyl halides is 1. The molecular weight excluding hydrogens is 566 g/mol. The molecule has 0 nitrogen and oxygen atoms in total. The molecule has 0 heterocycles. The summed E-state index contributed by atoms with van der Waals surface area (Å²) >= 11 is 23.5. The van der Waals surface area contributed by atoms with Crippen LogP contribution in [0.5, 0.6) is 0 Å². The highest BCUT2D eigenvalue weighted by molar-refractivity contribution is 7.64. The van der Waals surface area contributed by atoms with E-state index in [0.717, 1.165) is 18.3 Å². The summed E-state index contributed by atoms with van der Waals surface area (Å²) in [5.74, 6) is 0.842. The van der Waals surface area contributed by atoms with Gasteiger partial charge < -0.3 is 0 Å². The van der Waals surface area contributed by atoms with Crippen LogP contribution in [0, 0.1) is 0 Å². The molecular formula is C33H66Cl4Si. The molecule has 0 radical (unpaired) electrons. The van der Waals surface area contributed by atoms with Gasteiger partial charge in [-0.25, -0.2) is 0 Å². The molecule has 0 amide bonds. The first-order chi connectivity index (χ1) is 18.6. The molecule has 0 atom stereocenters. The molecule has 0 unspecified atom stereocenters. The van der Waals surface area contributed by atoms with Gasteiger partial charge in [0.1, 0.15) is 0 Å². The molecule has 0 fully saturated rings. The van der Waals surface area contributed by atoms with Gasteiger partial charge in [0.2, 0.25) is 0 Å². The minimum atomic E-state index is -2.37. The Labute approximate surface area is 260 Å². The normalized spacial score (nSPS) is 12.0. The van der Waals surface area contributed by atoms with Gasteiger partial charge in [0.05, 0.1) is 0 Å².